The maximum Gasteiger partial charge on any atom is 0.265 e. The van der Waals surface area contributed by atoms with E-state index in [4.69, 9.17) is 4.74 Å². The molecule has 0 saturated heterocycles. The van der Waals surface area contributed by atoms with Crippen LogP contribution in [0.4, 0.5) is 10.1 Å². The number of thioether (sulfide) groups is 1. The number of hydrogen-bond donors (Lipinski definition) is 1. The van der Waals surface area contributed by atoms with Crippen LogP contribution >= 0.6 is 11.8 Å². The second-order valence-electron chi connectivity index (χ2n) is 6.19. The van der Waals surface area contributed by atoms with E-state index in [9.17, 15) is 14.0 Å². The summed E-state index contributed by atoms with van der Waals surface area (Å²) in [5, 5.41) is 2.79. The Labute approximate surface area is 167 Å². The van der Waals surface area contributed by atoms with E-state index in [-0.39, 0.29) is 18.4 Å². The second-order valence-corrected chi connectivity index (χ2v) is 7.27. The summed E-state index contributed by atoms with van der Waals surface area (Å²) in [5.74, 6) is -0.972. The number of halogens is 1. The number of anilines is 1. The molecule has 0 unspecified atom stereocenters. The van der Waals surface area contributed by atoms with E-state index in [0.717, 1.165) is 4.90 Å². The van der Waals surface area contributed by atoms with Crippen molar-refractivity contribution in [2.45, 2.75) is 11.3 Å². The fourth-order valence-electron chi connectivity index (χ4n) is 2.80. The van der Waals surface area contributed by atoms with Gasteiger partial charge in [0, 0.05) is 30.7 Å². The van der Waals surface area contributed by atoms with Gasteiger partial charge in [0.05, 0.1) is 10.6 Å². The third kappa shape index (κ3) is 4.79. The maximum atomic E-state index is 14.0. The molecular formula is C21H21FN2O3S. The lowest BCUT2D eigenvalue weighted by atomic mass is 10.2. The minimum absolute atomic E-state index is 0.0992. The van der Waals surface area contributed by atoms with E-state index in [1.54, 1.807) is 31.4 Å². The van der Waals surface area contributed by atoms with Crippen molar-refractivity contribution in [3.05, 3.63) is 64.8 Å². The number of ether oxygens (including phenoxy) is 1. The van der Waals surface area contributed by atoms with Crippen LogP contribution in [-0.2, 0) is 14.3 Å². The van der Waals surface area contributed by atoms with Crippen LogP contribution in [0.5, 0.6) is 0 Å². The quantitative estimate of drug-likeness (QED) is 0.571. The van der Waals surface area contributed by atoms with Gasteiger partial charge in [-0.15, -0.1) is 0 Å². The van der Waals surface area contributed by atoms with Gasteiger partial charge in [-0.25, -0.2) is 4.39 Å². The summed E-state index contributed by atoms with van der Waals surface area (Å²) in [7, 11) is 1.60. The first-order valence-corrected chi connectivity index (χ1v) is 9.72. The van der Waals surface area contributed by atoms with Gasteiger partial charge in [-0.3, -0.25) is 14.5 Å². The Kier molecular flexibility index (Phi) is 6.84. The van der Waals surface area contributed by atoms with Crippen LogP contribution in [0.15, 0.2) is 58.3 Å². The topological polar surface area (TPSA) is 58.6 Å². The standard InChI is InChI=1S/C21H21FN2O3S/c1-27-12-6-11-23-20(25)14-24-17-9-4-5-10-18(17)28-19(21(24)26)13-15-7-2-3-8-16(15)22/h2-5,7-10,13H,6,11-12,14H2,1H3,(H,23,25)/b19-13-. The fourth-order valence-corrected chi connectivity index (χ4v) is 3.85. The number of amides is 2. The van der Waals surface area contributed by atoms with Crippen molar-refractivity contribution in [1.29, 1.82) is 0 Å². The lowest BCUT2D eigenvalue weighted by Gasteiger charge is -2.29. The molecule has 2 aromatic rings. The summed E-state index contributed by atoms with van der Waals surface area (Å²) >= 11 is 1.28. The zero-order valence-corrected chi connectivity index (χ0v) is 16.3. The number of carbonyl (C=O) groups excluding carboxylic acids is 2. The Bertz CT molecular complexity index is 901. The number of rotatable bonds is 7. The molecule has 0 bridgehead atoms. The van der Waals surface area contributed by atoms with Crippen molar-refractivity contribution < 1.29 is 18.7 Å². The zero-order valence-electron chi connectivity index (χ0n) is 15.5. The Hall–Kier alpha value is -2.64. The molecule has 1 aliphatic heterocycles. The number of nitrogens with one attached hydrogen (secondary N) is 1. The molecule has 0 radical (unpaired) electrons. The van der Waals surface area contributed by atoms with Crippen molar-refractivity contribution in [3.8, 4) is 0 Å². The van der Waals surface area contributed by atoms with Crippen LogP contribution in [0.3, 0.4) is 0 Å². The second kappa shape index (κ2) is 9.52. The van der Waals surface area contributed by atoms with Crippen LogP contribution in [0.25, 0.3) is 6.08 Å². The van der Waals surface area contributed by atoms with Gasteiger partial charge in [-0.1, -0.05) is 42.1 Å². The molecule has 1 heterocycles. The number of fused-ring (bicyclic) bond motifs is 1. The predicted octanol–water partition coefficient (Wildman–Crippen LogP) is 3.46. The van der Waals surface area contributed by atoms with Crippen LogP contribution < -0.4 is 10.2 Å². The summed E-state index contributed by atoms with van der Waals surface area (Å²) in [4.78, 5) is 28.0. The van der Waals surface area contributed by atoms with Crippen LogP contribution in [0.1, 0.15) is 12.0 Å². The summed E-state index contributed by atoms with van der Waals surface area (Å²) in [6, 6.07) is 13.7. The van der Waals surface area contributed by atoms with Crippen LogP contribution in [-0.4, -0.2) is 38.6 Å². The highest BCUT2D eigenvalue weighted by molar-refractivity contribution is 8.04. The zero-order chi connectivity index (χ0) is 19.9. The van der Waals surface area contributed by atoms with Crippen molar-refractivity contribution in [2.24, 2.45) is 0 Å². The van der Waals surface area contributed by atoms with E-state index in [1.807, 2.05) is 18.2 Å². The molecule has 0 aliphatic carbocycles. The highest BCUT2D eigenvalue weighted by Gasteiger charge is 2.30. The molecule has 2 aromatic carbocycles. The third-order valence-electron chi connectivity index (χ3n) is 4.17. The van der Waals surface area contributed by atoms with E-state index in [1.165, 1.54) is 28.8 Å². The Morgan fingerprint density at radius 2 is 1.96 bits per heavy atom. The average molecular weight is 400 g/mol. The van der Waals surface area contributed by atoms with Crippen LogP contribution in [0.2, 0.25) is 0 Å². The van der Waals surface area contributed by atoms with Gasteiger partial charge in [0.15, 0.2) is 0 Å². The Morgan fingerprint density at radius 1 is 1.21 bits per heavy atom. The highest BCUT2D eigenvalue weighted by atomic mass is 32.2. The first kappa shape index (κ1) is 20.1. The van der Waals surface area contributed by atoms with Gasteiger partial charge < -0.3 is 10.1 Å². The Morgan fingerprint density at radius 3 is 2.75 bits per heavy atom. The molecule has 0 atom stereocenters. The molecule has 0 aromatic heterocycles. The minimum Gasteiger partial charge on any atom is -0.385 e. The molecule has 146 valence electrons. The molecule has 3 rings (SSSR count). The van der Waals surface area contributed by atoms with E-state index in [2.05, 4.69) is 5.32 Å². The Balaban J connectivity index is 1.83. The van der Waals surface area contributed by atoms with E-state index >= 15 is 0 Å². The van der Waals surface area contributed by atoms with Crippen LogP contribution in [0, 0.1) is 5.82 Å². The minimum atomic E-state index is -0.398. The molecule has 0 saturated carbocycles. The van der Waals surface area contributed by atoms with Crippen molar-refractivity contribution in [2.75, 3.05) is 31.7 Å². The summed E-state index contributed by atoms with van der Waals surface area (Å²) < 4.78 is 19.0. The van der Waals surface area contributed by atoms with Gasteiger partial charge in [0.25, 0.3) is 5.91 Å². The average Bonchev–Trinajstić information content (AvgIpc) is 2.70. The number of nitrogens with zero attached hydrogens (tertiary/aromatic N) is 1. The van der Waals surface area contributed by atoms with Crippen molar-refractivity contribution >= 4 is 35.3 Å². The normalized spacial score (nSPS) is 14.9. The number of para-hydroxylation sites is 1. The number of methoxy groups -OCH3 is 1. The molecule has 7 heteroatoms. The number of benzene rings is 2. The SMILES string of the molecule is COCCCNC(=O)CN1C(=O)/C(=C/c2ccccc2F)Sc2ccccc21. The molecule has 2 amide bonds. The van der Waals surface area contributed by atoms with Crippen molar-refractivity contribution in [1.82, 2.24) is 5.32 Å². The summed E-state index contributed by atoms with van der Waals surface area (Å²) in [5.41, 5.74) is 1.01. The largest absolute Gasteiger partial charge is 0.385 e. The first-order chi connectivity index (χ1) is 13.6. The predicted molar refractivity (Wildman–Crippen MR) is 109 cm³/mol. The monoisotopic (exact) mass is 400 g/mol. The van der Waals surface area contributed by atoms with E-state index in [0.29, 0.717) is 35.7 Å². The first-order valence-electron chi connectivity index (χ1n) is 8.91. The number of hydrogen-bond acceptors (Lipinski definition) is 4. The van der Waals surface area contributed by atoms with Crippen molar-refractivity contribution in [3.63, 3.8) is 0 Å². The summed E-state index contributed by atoms with van der Waals surface area (Å²) in [6.07, 6.45) is 2.23. The van der Waals surface area contributed by atoms with Gasteiger partial charge in [-0.05, 0) is 30.7 Å². The van der Waals surface area contributed by atoms with Gasteiger partial charge in [0.1, 0.15) is 12.4 Å². The van der Waals surface area contributed by atoms with E-state index < -0.39 is 5.82 Å². The molecule has 28 heavy (non-hydrogen) atoms. The number of carbonyl (C=O) groups is 2. The smallest absolute Gasteiger partial charge is 0.265 e. The highest BCUT2D eigenvalue weighted by Crippen LogP contribution is 2.42. The maximum absolute atomic E-state index is 14.0. The molecule has 0 spiro atoms. The molecule has 1 aliphatic rings. The molecule has 5 nitrogen and oxygen atoms in total. The van der Waals surface area contributed by atoms with Gasteiger partial charge >= 0.3 is 0 Å². The molecule has 1 N–H and O–H groups in total. The lowest BCUT2D eigenvalue weighted by Crippen LogP contribution is -2.43. The molecule has 0 fully saturated rings. The fraction of sp³-hybridized carbons (Fsp3) is 0.238. The molecular weight excluding hydrogens is 379 g/mol. The third-order valence-corrected chi connectivity index (χ3v) is 5.25. The van der Waals surface area contributed by atoms with Gasteiger partial charge in [-0.2, -0.15) is 0 Å². The van der Waals surface area contributed by atoms with Gasteiger partial charge in [0.2, 0.25) is 5.91 Å². The summed E-state index contributed by atoms with van der Waals surface area (Å²) in [6.45, 7) is 0.930. The lowest BCUT2D eigenvalue weighted by molar-refractivity contribution is -0.122.